The molecule has 3 heterocycles. The Bertz CT molecular complexity index is 1140. The first-order valence-electron chi connectivity index (χ1n) is 9.42. The van der Waals surface area contributed by atoms with Gasteiger partial charge < -0.3 is 9.09 Å². The number of imidazole rings is 1. The van der Waals surface area contributed by atoms with Crippen LogP contribution in [0.5, 0.6) is 0 Å². The van der Waals surface area contributed by atoms with E-state index >= 15 is 0 Å². The number of nitrogens with zero attached hydrogens (tertiary/aromatic N) is 5. The van der Waals surface area contributed by atoms with E-state index in [0.717, 1.165) is 16.6 Å². The summed E-state index contributed by atoms with van der Waals surface area (Å²) in [5.41, 5.74) is 2.41. The molecule has 0 bridgehead atoms. The second-order valence-electron chi connectivity index (χ2n) is 7.73. The highest BCUT2D eigenvalue weighted by Crippen LogP contribution is 2.28. The molecule has 0 unspecified atom stereocenters. The highest BCUT2D eigenvalue weighted by molar-refractivity contribution is 5.91. The molecule has 0 atom stereocenters. The SMILES string of the molecule is CC(C)(C)n1c(NC(=O)CCc2nc(-c3ccncc3)no2)nc2ccccc21. The molecule has 4 rings (SSSR count). The number of carbonyl (C=O) groups is 1. The number of aromatic nitrogens is 5. The van der Waals surface area contributed by atoms with Gasteiger partial charge in [0.05, 0.1) is 11.0 Å². The van der Waals surface area contributed by atoms with Crippen LogP contribution in [0.25, 0.3) is 22.4 Å². The predicted molar refractivity (Wildman–Crippen MR) is 109 cm³/mol. The normalized spacial score (nSPS) is 11.7. The topological polar surface area (TPSA) is 98.7 Å². The van der Waals surface area contributed by atoms with Gasteiger partial charge in [0.25, 0.3) is 0 Å². The molecule has 148 valence electrons. The third-order valence-electron chi connectivity index (χ3n) is 4.46. The van der Waals surface area contributed by atoms with E-state index in [2.05, 4.69) is 46.2 Å². The standard InChI is InChI=1S/C21H22N6O2/c1-21(2,3)27-16-7-5-4-6-15(16)23-20(27)24-17(28)8-9-18-25-19(26-29-18)14-10-12-22-13-11-14/h4-7,10-13H,8-9H2,1-3H3,(H,23,24,28). The van der Waals surface area contributed by atoms with Crippen LogP contribution >= 0.6 is 0 Å². The molecule has 8 heteroatoms. The van der Waals surface area contributed by atoms with Crippen LogP contribution in [0.1, 0.15) is 33.1 Å². The molecule has 0 fully saturated rings. The summed E-state index contributed by atoms with van der Waals surface area (Å²) < 4.78 is 7.30. The third-order valence-corrected chi connectivity index (χ3v) is 4.46. The largest absolute Gasteiger partial charge is 0.339 e. The molecule has 1 amide bonds. The van der Waals surface area contributed by atoms with Crippen LogP contribution in [0.3, 0.4) is 0 Å². The zero-order valence-electron chi connectivity index (χ0n) is 16.6. The molecule has 0 saturated heterocycles. The van der Waals surface area contributed by atoms with Crippen LogP contribution in [0.4, 0.5) is 5.95 Å². The molecule has 8 nitrogen and oxygen atoms in total. The Labute approximate surface area is 168 Å². The lowest BCUT2D eigenvalue weighted by Gasteiger charge is -2.24. The number of benzene rings is 1. The van der Waals surface area contributed by atoms with Gasteiger partial charge >= 0.3 is 0 Å². The van der Waals surface area contributed by atoms with Crippen LogP contribution in [0.2, 0.25) is 0 Å². The molecule has 1 N–H and O–H groups in total. The average Bonchev–Trinajstić information content (AvgIpc) is 3.31. The molecule has 0 aliphatic carbocycles. The lowest BCUT2D eigenvalue weighted by Crippen LogP contribution is -2.26. The molecule has 4 aromatic rings. The van der Waals surface area contributed by atoms with Crippen molar-refractivity contribution in [2.75, 3.05) is 5.32 Å². The first-order chi connectivity index (χ1) is 13.9. The quantitative estimate of drug-likeness (QED) is 0.556. The minimum atomic E-state index is -0.232. The number of rotatable bonds is 5. The van der Waals surface area contributed by atoms with Crippen molar-refractivity contribution in [3.05, 3.63) is 54.7 Å². The first kappa shape index (κ1) is 18.8. The van der Waals surface area contributed by atoms with Crippen molar-refractivity contribution in [1.82, 2.24) is 24.7 Å². The van der Waals surface area contributed by atoms with Gasteiger partial charge in [-0.2, -0.15) is 4.98 Å². The zero-order valence-corrected chi connectivity index (χ0v) is 16.6. The second kappa shape index (κ2) is 7.46. The molecular weight excluding hydrogens is 368 g/mol. The van der Waals surface area contributed by atoms with Crippen LogP contribution in [0, 0.1) is 0 Å². The molecule has 0 aliphatic rings. The summed E-state index contributed by atoms with van der Waals surface area (Å²) in [5, 5.41) is 6.89. The van der Waals surface area contributed by atoms with Gasteiger partial charge in [0.1, 0.15) is 0 Å². The fourth-order valence-electron chi connectivity index (χ4n) is 3.17. The van der Waals surface area contributed by atoms with Crippen LogP contribution in [-0.2, 0) is 16.8 Å². The summed E-state index contributed by atoms with van der Waals surface area (Å²) in [6.45, 7) is 6.24. The van der Waals surface area contributed by atoms with Crippen molar-refractivity contribution in [3.8, 4) is 11.4 Å². The molecule has 29 heavy (non-hydrogen) atoms. The number of anilines is 1. The van der Waals surface area contributed by atoms with Crippen molar-refractivity contribution >= 4 is 22.9 Å². The maximum absolute atomic E-state index is 12.6. The Morgan fingerprint density at radius 2 is 1.86 bits per heavy atom. The summed E-state index contributed by atoms with van der Waals surface area (Å²) >= 11 is 0. The van der Waals surface area contributed by atoms with Gasteiger partial charge in [-0.1, -0.05) is 17.3 Å². The number of fused-ring (bicyclic) bond motifs is 1. The molecule has 0 spiro atoms. The molecule has 0 aliphatic heterocycles. The third kappa shape index (κ3) is 4.01. The summed E-state index contributed by atoms with van der Waals surface area (Å²) in [4.78, 5) is 25.5. The minimum Gasteiger partial charge on any atom is -0.339 e. The van der Waals surface area contributed by atoms with Gasteiger partial charge in [0, 0.05) is 36.3 Å². The van der Waals surface area contributed by atoms with E-state index in [1.165, 1.54) is 0 Å². The lowest BCUT2D eigenvalue weighted by atomic mass is 10.1. The van der Waals surface area contributed by atoms with Crippen molar-refractivity contribution in [2.24, 2.45) is 0 Å². The Hall–Kier alpha value is -3.55. The highest BCUT2D eigenvalue weighted by atomic mass is 16.5. The summed E-state index contributed by atoms with van der Waals surface area (Å²) in [7, 11) is 0. The predicted octanol–water partition coefficient (Wildman–Crippen LogP) is 3.81. The fourth-order valence-corrected chi connectivity index (χ4v) is 3.17. The van der Waals surface area contributed by atoms with E-state index in [1.807, 2.05) is 28.8 Å². The molecule has 0 radical (unpaired) electrons. The van der Waals surface area contributed by atoms with Gasteiger partial charge in [0.15, 0.2) is 0 Å². The number of carbonyl (C=O) groups excluding carboxylic acids is 1. The van der Waals surface area contributed by atoms with Gasteiger partial charge in [-0.25, -0.2) is 4.98 Å². The smallest absolute Gasteiger partial charge is 0.227 e. The summed E-state index contributed by atoms with van der Waals surface area (Å²) in [6, 6.07) is 11.4. The average molecular weight is 390 g/mol. The van der Waals surface area contributed by atoms with Crippen molar-refractivity contribution in [2.45, 2.75) is 39.2 Å². The number of hydrogen-bond donors (Lipinski definition) is 1. The van der Waals surface area contributed by atoms with E-state index in [9.17, 15) is 4.79 Å². The van der Waals surface area contributed by atoms with Crippen molar-refractivity contribution in [1.29, 1.82) is 0 Å². The van der Waals surface area contributed by atoms with Crippen LogP contribution in [-0.4, -0.2) is 30.6 Å². The zero-order chi connectivity index (χ0) is 20.4. The van der Waals surface area contributed by atoms with Gasteiger partial charge in [0.2, 0.25) is 23.6 Å². The van der Waals surface area contributed by atoms with E-state index in [0.29, 0.717) is 24.1 Å². The van der Waals surface area contributed by atoms with Gasteiger partial charge in [-0.15, -0.1) is 0 Å². The molecule has 3 aromatic heterocycles. The van der Waals surface area contributed by atoms with Gasteiger partial charge in [-0.3, -0.25) is 15.1 Å². The lowest BCUT2D eigenvalue weighted by molar-refractivity contribution is -0.116. The Morgan fingerprint density at radius 3 is 2.62 bits per heavy atom. The maximum atomic E-state index is 12.6. The fraction of sp³-hybridized carbons (Fsp3) is 0.286. The number of aryl methyl sites for hydroxylation is 1. The Kier molecular flexibility index (Phi) is 4.84. The van der Waals surface area contributed by atoms with E-state index in [1.54, 1.807) is 24.5 Å². The number of nitrogens with one attached hydrogen (secondary N) is 1. The van der Waals surface area contributed by atoms with Crippen LogP contribution < -0.4 is 5.32 Å². The van der Waals surface area contributed by atoms with E-state index in [4.69, 9.17) is 4.52 Å². The Balaban J connectivity index is 1.46. The Morgan fingerprint density at radius 1 is 1.10 bits per heavy atom. The minimum absolute atomic E-state index is 0.158. The van der Waals surface area contributed by atoms with Crippen LogP contribution in [0.15, 0.2) is 53.3 Å². The molecule has 0 saturated carbocycles. The number of pyridine rings is 1. The van der Waals surface area contributed by atoms with E-state index in [-0.39, 0.29) is 17.9 Å². The highest BCUT2D eigenvalue weighted by Gasteiger charge is 2.22. The summed E-state index contributed by atoms with van der Waals surface area (Å²) in [5.74, 6) is 1.27. The number of hydrogen-bond acceptors (Lipinski definition) is 6. The maximum Gasteiger partial charge on any atom is 0.227 e. The molecular formula is C21H22N6O2. The van der Waals surface area contributed by atoms with Gasteiger partial charge in [-0.05, 0) is 45.0 Å². The molecule has 1 aromatic carbocycles. The summed E-state index contributed by atoms with van der Waals surface area (Å²) in [6.07, 6.45) is 3.89. The van der Waals surface area contributed by atoms with E-state index < -0.39 is 0 Å². The first-order valence-corrected chi connectivity index (χ1v) is 9.42. The number of amides is 1. The number of para-hydroxylation sites is 2. The monoisotopic (exact) mass is 390 g/mol. The van der Waals surface area contributed by atoms with Crippen molar-refractivity contribution < 1.29 is 9.32 Å². The van der Waals surface area contributed by atoms with Crippen molar-refractivity contribution in [3.63, 3.8) is 0 Å². The second-order valence-corrected chi connectivity index (χ2v) is 7.73.